The number of rotatable bonds is 6. The van der Waals surface area contributed by atoms with Gasteiger partial charge in [-0.3, -0.25) is 14.3 Å². The van der Waals surface area contributed by atoms with E-state index in [0.717, 1.165) is 34.8 Å². The Morgan fingerprint density at radius 3 is 2.54 bits per heavy atom. The fraction of sp³-hybridized carbons (Fsp3) is 0.310. The lowest BCUT2D eigenvalue weighted by molar-refractivity contribution is 0.101. The predicted octanol–water partition coefficient (Wildman–Crippen LogP) is 4.32. The first kappa shape index (κ1) is 25.5. The van der Waals surface area contributed by atoms with Crippen molar-refractivity contribution in [3.8, 4) is 22.0 Å². The molecule has 0 spiro atoms. The van der Waals surface area contributed by atoms with Gasteiger partial charge in [-0.15, -0.1) is 11.3 Å². The molecule has 2 aliphatic rings. The number of benzene rings is 1. The van der Waals surface area contributed by atoms with Gasteiger partial charge in [0, 0.05) is 74.2 Å². The number of hydrogen-bond acceptors (Lipinski definition) is 9. The number of halogens is 1. The van der Waals surface area contributed by atoms with E-state index in [9.17, 15) is 9.59 Å². The first-order chi connectivity index (χ1) is 19.9. The minimum atomic E-state index is -0.461. The Bertz CT molecular complexity index is 1870. The number of Topliss-reactive ketones (excluding diaryl/α,β-unsaturated/α-hetero) is 1. The minimum absolute atomic E-state index is 0.110. The van der Waals surface area contributed by atoms with E-state index in [4.69, 9.17) is 9.97 Å². The molecule has 0 N–H and O–H groups in total. The Kier molecular flexibility index (Phi) is 6.15. The van der Waals surface area contributed by atoms with Crippen molar-refractivity contribution in [2.45, 2.75) is 25.8 Å². The fourth-order valence-corrected chi connectivity index (χ4v) is 6.15. The number of carbonyl (C=O) groups is 1. The summed E-state index contributed by atoms with van der Waals surface area (Å²) in [6.07, 6.45) is 9.06. The number of anilines is 2. The van der Waals surface area contributed by atoms with Crippen LogP contribution < -0.4 is 15.2 Å². The van der Waals surface area contributed by atoms with E-state index in [2.05, 4.69) is 15.0 Å². The Hall–Kier alpha value is -4.45. The van der Waals surface area contributed by atoms with Crippen molar-refractivity contribution in [3.05, 3.63) is 70.0 Å². The molecule has 0 bridgehead atoms. The molecular formula is C29H27FN8O2S. The van der Waals surface area contributed by atoms with E-state index in [1.807, 2.05) is 34.2 Å². The normalized spacial score (nSPS) is 15.6. The Morgan fingerprint density at radius 1 is 1.05 bits per heavy atom. The number of hydrogen-bond donors (Lipinski definition) is 0. The van der Waals surface area contributed by atoms with Crippen molar-refractivity contribution in [3.63, 3.8) is 0 Å². The molecule has 0 atom stereocenters. The maximum absolute atomic E-state index is 15.4. The van der Waals surface area contributed by atoms with Crippen LogP contribution in [0.1, 0.15) is 36.2 Å². The molecule has 1 aliphatic heterocycles. The Labute approximate surface area is 238 Å². The van der Waals surface area contributed by atoms with Crippen LogP contribution in [0.25, 0.3) is 32.9 Å². The van der Waals surface area contributed by atoms with Crippen molar-refractivity contribution < 1.29 is 9.18 Å². The van der Waals surface area contributed by atoms with Gasteiger partial charge in [0.05, 0.1) is 28.7 Å². The second kappa shape index (κ2) is 9.88. The van der Waals surface area contributed by atoms with E-state index >= 15 is 4.39 Å². The fourth-order valence-electron chi connectivity index (χ4n) is 5.35. The van der Waals surface area contributed by atoms with Crippen molar-refractivity contribution in [2.75, 3.05) is 36.0 Å². The summed E-state index contributed by atoms with van der Waals surface area (Å²) in [5, 5.41) is 7.27. The molecule has 1 saturated carbocycles. The average molecular weight is 571 g/mol. The first-order valence-corrected chi connectivity index (χ1v) is 14.4. The van der Waals surface area contributed by atoms with Gasteiger partial charge < -0.3 is 14.4 Å². The third-order valence-electron chi connectivity index (χ3n) is 7.69. The van der Waals surface area contributed by atoms with Crippen molar-refractivity contribution in [1.82, 2.24) is 29.3 Å². The number of aryl methyl sites for hydroxylation is 1. The van der Waals surface area contributed by atoms with E-state index in [1.54, 1.807) is 29.3 Å². The van der Waals surface area contributed by atoms with Gasteiger partial charge in [-0.05, 0) is 38.0 Å². The zero-order valence-electron chi connectivity index (χ0n) is 22.6. The highest BCUT2D eigenvalue weighted by Gasteiger charge is 2.28. The van der Waals surface area contributed by atoms with Crippen LogP contribution >= 0.6 is 11.3 Å². The molecular weight excluding hydrogens is 543 g/mol. The molecule has 1 aliphatic carbocycles. The number of piperazine rings is 1. The van der Waals surface area contributed by atoms with Gasteiger partial charge in [-0.2, -0.15) is 5.10 Å². The summed E-state index contributed by atoms with van der Waals surface area (Å²) in [6.45, 7) is 3.73. The quantitative estimate of drug-likeness (QED) is 0.278. The molecule has 208 valence electrons. The van der Waals surface area contributed by atoms with Crippen LogP contribution in [0.15, 0.2) is 53.2 Å². The molecule has 0 amide bonds. The van der Waals surface area contributed by atoms with Gasteiger partial charge in [-0.25, -0.2) is 19.3 Å². The summed E-state index contributed by atoms with van der Waals surface area (Å²) in [5.41, 5.74) is 3.39. The van der Waals surface area contributed by atoms with Crippen molar-refractivity contribution in [2.24, 2.45) is 7.05 Å². The minimum Gasteiger partial charge on any atom is -0.366 e. The summed E-state index contributed by atoms with van der Waals surface area (Å²) in [6, 6.07) is 5.15. The molecule has 4 aromatic heterocycles. The topological polar surface area (TPSA) is 102 Å². The predicted molar refractivity (Wildman–Crippen MR) is 156 cm³/mol. The van der Waals surface area contributed by atoms with Crippen molar-refractivity contribution in [1.29, 1.82) is 0 Å². The smallest absolute Gasteiger partial charge is 0.226 e. The second-order valence-electron chi connectivity index (χ2n) is 10.5. The highest BCUT2D eigenvalue weighted by Crippen LogP contribution is 2.38. The number of carbonyl (C=O) groups excluding carboxylic acids is 1. The monoisotopic (exact) mass is 570 g/mol. The maximum atomic E-state index is 15.4. The summed E-state index contributed by atoms with van der Waals surface area (Å²) in [7, 11) is 1.87. The lowest BCUT2D eigenvalue weighted by atomic mass is 10.1. The van der Waals surface area contributed by atoms with E-state index in [1.165, 1.54) is 24.3 Å². The number of fused-ring (bicyclic) bond motifs is 1. The molecule has 12 heteroatoms. The standard InChI is InChI=1S/C29H27FN8O2S/c1-17(39)21-15-38(19-3-4-19)25-12-26(22(30)11-20(25)27(21)40)36-7-9-37(10-8-36)29-31-6-5-23(34-29)28-33-24(16-41-28)18-13-32-35(2)14-18/h5-6,11-16,19H,3-4,7-10H2,1-2H3. The maximum Gasteiger partial charge on any atom is 0.226 e. The van der Waals surface area contributed by atoms with Crippen LogP contribution in [0, 0.1) is 5.82 Å². The average Bonchev–Trinajstić information content (AvgIpc) is 3.53. The second-order valence-corrected chi connectivity index (χ2v) is 11.4. The highest BCUT2D eigenvalue weighted by atomic mass is 32.1. The van der Waals surface area contributed by atoms with Crippen LogP contribution in [0.3, 0.4) is 0 Å². The molecule has 1 saturated heterocycles. The van der Waals surface area contributed by atoms with Crippen LogP contribution in [-0.4, -0.2) is 61.3 Å². The largest absolute Gasteiger partial charge is 0.366 e. The summed E-state index contributed by atoms with van der Waals surface area (Å²) >= 11 is 1.52. The lowest BCUT2D eigenvalue weighted by Gasteiger charge is -2.36. The summed E-state index contributed by atoms with van der Waals surface area (Å²) in [5.74, 6) is -0.155. The molecule has 5 heterocycles. The van der Waals surface area contributed by atoms with Gasteiger partial charge in [0.15, 0.2) is 11.2 Å². The van der Waals surface area contributed by atoms with Crippen LogP contribution in [0.5, 0.6) is 0 Å². The van der Waals surface area contributed by atoms with E-state index < -0.39 is 11.2 Å². The van der Waals surface area contributed by atoms with Gasteiger partial charge in [0.2, 0.25) is 5.95 Å². The highest BCUT2D eigenvalue weighted by molar-refractivity contribution is 7.13. The van der Waals surface area contributed by atoms with Gasteiger partial charge in [0.25, 0.3) is 0 Å². The third kappa shape index (κ3) is 4.67. The third-order valence-corrected chi connectivity index (χ3v) is 8.56. The van der Waals surface area contributed by atoms with Gasteiger partial charge in [0.1, 0.15) is 16.5 Å². The lowest BCUT2D eigenvalue weighted by Crippen LogP contribution is -2.47. The van der Waals surface area contributed by atoms with Gasteiger partial charge in [-0.1, -0.05) is 0 Å². The number of ketones is 1. The zero-order valence-corrected chi connectivity index (χ0v) is 23.4. The molecule has 7 rings (SSSR count). The first-order valence-electron chi connectivity index (χ1n) is 13.5. The molecule has 41 heavy (non-hydrogen) atoms. The SMILES string of the molecule is CC(=O)c1cn(C2CC2)c2cc(N3CCN(c4nccc(-c5nc(-c6cnn(C)c6)cs5)n4)CC3)c(F)cc2c1=O. The number of nitrogens with zero attached hydrogens (tertiary/aromatic N) is 8. The Morgan fingerprint density at radius 2 is 1.83 bits per heavy atom. The number of thiazole rings is 1. The molecule has 2 fully saturated rings. The van der Waals surface area contributed by atoms with Crippen molar-refractivity contribution >= 4 is 39.7 Å². The molecule has 10 nitrogen and oxygen atoms in total. The molecule has 5 aromatic rings. The van der Waals surface area contributed by atoms with Crippen LogP contribution in [0.4, 0.5) is 16.0 Å². The summed E-state index contributed by atoms with van der Waals surface area (Å²) in [4.78, 5) is 43.2. The number of pyridine rings is 1. The molecule has 0 radical (unpaired) electrons. The zero-order chi connectivity index (χ0) is 28.2. The van der Waals surface area contributed by atoms with Crippen LogP contribution in [-0.2, 0) is 7.05 Å². The summed E-state index contributed by atoms with van der Waals surface area (Å²) < 4.78 is 19.2. The Balaban J connectivity index is 1.12. The molecule has 1 aromatic carbocycles. The molecule has 0 unspecified atom stereocenters. The van der Waals surface area contributed by atoms with Crippen LogP contribution in [0.2, 0.25) is 0 Å². The van der Waals surface area contributed by atoms with E-state index in [-0.39, 0.29) is 22.8 Å². The number of aromatic nitrogens is 6. The van der Waals surface area contributed by atoms with Gasteiger partial charge >= 0.3 is 0 Å². The van der Waals surface area contributed by atoms with E-state index in [0.29, 0.717) is 43.3 Å².